The molecule has 3 aromatic heterocycles. The van der Waals surface area contributed by atoms with E-state index in [1.165, 1.54) is 11.3 Å². The summed E-state index contributed by atoms with van der Waals surface area (Å²) >= 11 is 0. The minimum Gasteiger partial charge on any atom is -0.391 e. The molecule has 0 fully saturated rings. The number of amides is 2. The monoisotopic (exact) mass is 470 g/mol. The minimum absolute atomic E-state index is 0.133. The van der Waals surface area contributed by atoms with E-state index >= 15 is 0 Å². The fraction of sp³-hybridized carbons (Fsp3) is 0.308. The highest BCUT2D eigenvalue weighted by atomic mass is 16.3. The van der Waals surface area contributed by atoms with Crippen LogP contribution in [0.1, 0.15) is 51.6 Å². The second-order valence-corrected chi connectivity index (χ2v) is 10.1. The molecule has 4 heterocycles. The summed E-state index contributed by atoms with van der Waals surface area (Å²) in [5.41, 5.74) is 10.8. The molecule has 3 N–H and O–H groups in total. The van der Waals surface area contributed by atoms with Crippen molar-refractivity contribution in [3.05, 3.63) is 70.8 Å². The van der Waals surface area contributed by atoms with Crippen molar-refractivity contribution >= 4 is 28.5 Å². The molecule has 1 aliphatic heterocycles. The third-order valence-corrected chi connectivity index (χ3v) is 7.10. The lowest BCUT2D eigenvalue weighted by Gasteiger charge is -2.30. The number of benzene rings is 1. The predicted octanol–water partition coefficient (Wildman–Crippen LogP) is 2.60. The third kappa shape index (κ3) is 3.19. The molecule has 0 atom stereocenters. The van der Waals surface area contributed by atoms with Crippen LogP contribution >= 0.6 is 0 Å². The van der Waals surface area contributed by atoms with Crippen LogP contribution < -0.4 is 10.6 Å². The Labute approximate surface area is 201 Å². The molecular formula is C26H26N6O3. The fourth-order valence-electron chi connectivity index (χ4n) is 5.60. The number of aliphatic hydroxyl groups is 1. The summed E-state index contributed by atoms with van der Waals surface area (Å²) in [5, 5.41) is 15.5. The number of nitrogens with two attached hydrogens (primary N) is 1. The molecule has 0 unspecified atom stereocenters. The zero-order valence-electron chi connectivity index (χ0n) is 19.7. The smallest absolute Gasteiger partial charge is 0.276 e. The number of aromatic nitrogens is 4. The maximum atomic E-state index is 13.6. The Hall–Kier alpha value is -3.98. The van der Waals surface area contributed by atoms with Crippen LogP contribution in [0.15, 0.2) is 42.6 Å². The van der Waals surface area contributed by atoms with Crippen LogP contribution in [-0.2, 0) is 26.0 Å². The van der Waals surface area contributed by atoms with E-state index < -0.39 is 5.91 Å². The summed E-state index contributed by atoms with van der Waals surface area (Å²) in [6, 6.07) is 11.0. The van der Waals surface area contributed by atoms with E-state index in [2.05, 4.69) is 28.5 Å². The molecule has 178 valence electrons. The number of nitrogens with zero attached hydrogens (tertiary/aromatic N) is 5. The summed E-state index contributed by atoms with van der Waals surface area (Å²) in [5.74, 6) is -0.378. The molecule has 9 nitrogen and oxygen atoms in total. The summed E-state index contributed by atoms with van der Waals surface area (Å²) < 4.78 is 3.73. The van der Waals surface area contributed by atoms with Crippen molar-refractivity contribution in [2.75, 3.05) is 11.4 Å². The zero-order chi connectivity index (χ0) is 24.5. The number of carbonyl (C=O) groups excluding carboxylic acids is 2. The van der Waals surface area contributed by atoms with Crippen molar-refractivity contribution < 1.29 is 14.7 Å². The number of aliphatic hydroxyl groups excluding tert-OH is 1. The molecule has 9 heteroatoms. The summed E-state index contributed by atoms with van der Waals surface area (Å²) in [6.07, 6.45) is 3.51. The highest BCUT2D eigenvalue weighted by Gasteiger charge is 2.37. The molecule has 4 aromatic rings. The van der Waals surface area contributed by atoms with Crippen LogP contribution in [0.2, 0.25) is 0 Å². The van der Waals surface area contributed by atoms with Gasteiger partial charge in [-0.15, -0.1) is 0 Å². The normalized spacial score (nSPS) is 16.5. The Kier molecular flexibility index (Phi) is 4.62. The summed E-state index contributed by atoms with van der Waals surface area (Å²) in [6.45, 7) is 5.27. The predicted molar refractivity (Wildman–Crippen MR) is 131 cm³/mol. The van der Waals surface area contributed by atoms with Gasteiger partial charge in [-0.25, -0.2) is 9.67 Å². The quantitative estimate of drug-likeness (QED) is 0.475. The Bertz CT molecular complexity index is 1530. The second kappa shape index (κ2) is 7.51. The third-order valence-electron chi connectivity index (χ3n) is 7.10. The number of hydrogen-bond acceptors (Lipinski definition) is 5. The van der Waals surface area contributed by atoms with Gasteiger partial charge in [0, 0.05) is 35.9 Å². The lowest BCUT2D eigenvalue weighted by Crippen LogP contribution is -2.41. The van der Waals surface area contributed by atoms with E-state index in [-0.39, 0.29) is 23.6 Å². The van der Waals surface area contributed by atoms with E-state index in [1.807, 2.05) is 24.3 Å². The van der Waals surface area contributed by atoms with Crippen LogP contribution in [0.3, 0.4) is 0 Å². The molecule has 0 spiro atoms. The molecule has 0 saturated carbocycles. The van der Waals surface area contributed by atoms with E-state index in [4.69, 9.17) is 5.73 Å². The average Bonchev–Trinajstić information content (AvgIpc) is 3.47. The van der Waals surface area contributed by atoms with Crippen LogP contribution in [0, 0.1) is 5.41 Å². The number of primary amides is 1. The van der Waals surface area contributed by atoms with E-state index in [1.54, 1.807) is 27.9 Å². The molecule has 0 bridgehead atoms. The first-order valence-corrected chi connectivity index (χ1v) is 11.7. The Morgan fingerprint density at radius 2 is 1.97 bits per heavy atom. The van der Waals surface area contributed by atoms with E-state index in [0.717, 1.165) is 12.8 Å². The van der Waals surface area contributed by atoms with Crippen LogP contribution in [0.5, 0.6) is 0 Å². The first-order chi connectivity index (χ1) is 16.8. The second-order valence-electron chi connectivity index (χ2n) is 10.1. The standard InChI is InChI=1S/C26H26N6O3/c1-26(2)12-15-11-20-25(35)31(10-9-30(20)21(15)13-26)24-17(14-33)19(7-8-28-24)32-18-6-4-3-5-16(18)22(29-32)23(27)34/h3-8,11,33H,9-10,12-14H2,1-2H3,(H2,27,34). The number of pyridine rings is 1. The molecule has 6 rings (SSSR count). The molecular weight excluding hydrogens is 444 g/mol. The van der Waals surface area contributed by atoms with Gasteiger partial charge in [0.2, 0.25) is 0 Å². The molecule has 0 radical (unpaired) electrons. The van der Waals surface area contributed by atoms with Gasteiger partial charge in [0.1, 0.15) is 11.5 Å². The fourth-order valence-corrected chi connectivity index (χ4v) is 5.60. The SMILES string of the molecule is CC1(C)Cc2cc3n(c2C1)CCN(c1nccc(-n2nc(C(N)=O)c4ccccc42)c1CO)C3=O. The molecule has 35 heavy (non-hydrogen) atoms. The number of carbonyl (C=O) groups is 2. The maximum Gasteiger partial charge on any atom is 0.276 e. The highest BCUT2D eigenvalue weighted by Crippen LogP contribution is 2.40. The van der Waals surface area contributed by atoms with Gasteiger partial charge in [0.25, 0.3) is 11.8 Å². The highest BCUT2D eigenvalue weighted by molar-refractivity contribution is 6.07. The maximum absolute atomic E-state index is 13.6. The Balaban J connectivity index is 1.45. The lowest BCUT2D eigenvalue weighted by molar-refractivity contribution is 0.0961. The van der Waals surface area contributed by atoms with Crippen molar-refractivity contribution in [2.24, 2.45) is 11.1 Å². The van der Waals surface area contributed by atoms with Gasteiger partial charge >= 0.3 is 0 Å². The molecule has 2 amide bonds. The van der Waals surface area contributed by atoms with E-state index in [9.17, 15) is 14.7 Å². The lowest BCUT2D eigenvalue weighted by atomic mass is 9.90. The van der Waals surface area contributed by atoms with Crippen molar-refractivity contribution in [1.29, 1.82) is 0 Å². The van der Waals surface area contributed by atoms with Crippen LogP contribution in [0.25, 0.3) is 16.6 Å². The van der Waals surface area contributed by atoms with Gasteiger partial charge in [0.15, 0.2) is 5.69 Å². The summed E-state index contributed by atoms with van der Waals surface area (Å²) in [7, 11) is 0. The van der Waals surface area contributed by atoms with Crippen molar-refractivity contribution in [3.63, 3.8) is 0 Å². The molecule has 0 saturated heterocycles. The Morgan fingerprint density at radius 1 is 1.17 bits per heavy atom. The van der Waals surface area contributed by atoms with Crippen LogP contribution in [0.4, 0.5) is 5.82 Å². The van der Waals surface area contributed by atoms with Gasteiger partial charge in [-0.3, -0.25) is 14.5 Å². The zero-order valence-corrected chi connectivity index (χ0v) is 19.7. The topological polar surface area (TPSA) is 119 Å². The van der Waals surface area contributed by atoms with Gasteiger partial charge < -0.3 is 15.4 Å². The van der Waals surface area contributed by atoms with E-state index in [0.29, 0.717) is 46.8 Å². The van der Waals surface area contributed by atoms with Crippen LogP contribution in [-0.4, -0.2) is 42.8 Å². The first kappa shape index (κ1) is 21.5. The molecule has 1 aliphatic carbocycles. The number of hydrogen-bond donors (Lipinski definition) is 2. The number of anilines is 1. The Morgan fingerprint density at radius 3 is 2.74 bits per heavy atom. The van der Waals surface area contributed by atoms with Gasteiger partial charge in [-0.05, 0) is 42.0 Å². The average molecular weight is 471 g/mol. The first-order valence-electron chi connectivity index (χ1n) is 11.7. The molecule has 2 aliphatic rings. The largest absolute Gasteiger partial charge is 0.391 e. The van der Waals surface area contributed by atoms with Gasteiger partial charge in [0.05, 0.1) is 17.8 Å². The minimum atomic E-state index is -0.636. The number of para-hydroxylation sites is 1. The summed E-state index contributed by atoms with van der Waals surface area (Å²) in [4.78, 5) is 31.7. The van der Waals surface area contributed by atoms with Crippen molar-refractivity contribution in [3.8, 4) is 5.69 Å². The van der Waals surface area contributed by atoms with Gasteiger partial charge in [-0.2, -0.15) is 5.10 Å². The number of fused-ring (bicyclic) bond motifs is 4. The molecule has 1 aromatic carbocycles. The van der Waals surface area contributed by atoms with Crippen molar-refractivity contribution in [1.82, 2.24) is 19.3 Å². The number of rotatable bonds is 4. The van der Waals surface area contributed by atoms with Crippen molar-refractivity contribution in [2.45, 2.75) is 39.8 Å². The van der Waals surface area contributed by atoms with Gasteiger partial charge in [-0.1, -0.05) is 32.0 Å².